The van der Waals surface area contributed by atoms with Gasteiger partial charge in [0, 0.05) is 39.1 Å². The highest BCUT2D eigenvalue weighted by Gasteiger charge is 2.33. The predicted molar refractivity (Wildman–Crippen MR) is 87.0 cm³/mol. The molecule has 128 valence electrons. The molecule has 1 aromatic rings. The first-order chi connectivity index (χ1) is 11.3. The monoisotopic (exact) mass is 320 g/mol. The molecule has 0 radical (unpaired) electrons. The number of ether oxygens (including phenoxy) is 1. The Hall–Kier alpha value is -1.43. The highest BCUT2D eigenvalue weighted by atomic mass is 16.5. The van der Waals surface area contributed by atoms with Crippen molar-refractivity contribution >= 4 is 5.91 Å². The van der Waals surface area contributed by atoms with Crippen molar-refractivity contribution in [2.75, 3.05) is 19.8 Å². The summed E-state index contributed by atoms with van der Waals surface area (Å²) in [6.07, 6.45) is 8.09. The van der Waals surface area contributed by atoms with Crippen molar-refractivity contribution < 1.29 is 9.53 Å². The molecular formula is C17H28N4O2. The molecule has 2 aliphatic heterocycles. The highest BCUT2D eigenvalue weighted by molar-refractivity contribution is 5.76. The third-order valence-corrected chi connectivity index (χ3v) is 4.89. The number of aromatic nitrogens is 3. The van der Waals surface area contributed by atoms with E-state index < -0.39 is 0 Å². The van der Waals surface area contributed by atoms with Crippen molar-refractivity contribution in [2.45, 2.75) is 70.9 Å². The molecule has 0 spiro atoms. The standard InChI is InChI=1S/C17H28N4O2/c1-2-23-13-7-10-16(22)20-12-6-8-14(20)17-19-18-15-9-4-3-5-11-21(15)17/h14H,2-13H2,1H3/t14-/m1/s1. The zero-order valence-electron chi connectivity index (χ0n) is 14.2. The lowest BCUT2D eigenvalue weighted by Gasteiger charge is -2.24. The van der Waals surface area contributed by atoms with Gasteiger partial charge in [0.1, 0.15) is 5.82 Å². The third kappa shape index (κ3) is 3.74. The summed E-state index contributed by atoms with van der Waals surface area (Å²) in [6, 6.07) is 0.119. The largest absolute Gasteiger partial charge is 0.382 e. The first-order valence-corrected chi connectivity index (χ1v) is 9.10. The fraction of sp³-hybridized carbons (Fsp3) is 0.824. The van der Waals surface area contributed by atoms with Crippen LogP contribution < -0.4 is 0 Å². The Balaban J connectivity index is 1.67. The van der Waals surface area contributed by atoms with Gasteiger partial charge in [0.15, 0.2) is 5.82 Å². The van der Waals surface area contributed by atoms with Crippen molar-refractivity contribution in [1.29, 1.82) is 0 Å². The Kier molecular flexibility index (Phi) is 5.65. The molecule has 1 saturated heterocycles. The number of carbonyl (C=O) groups excluding carboxylic acids is 1. The second kappa shape index (κ2) is 7.90. The average molecular weight is 320 g/mol. The van der Waals surface area contributed by atoms with Crippen LogP contribution in [0.3, 0.4) is 0 Å². The lowest BCUT2D eigenvalue weighted by molar-refractivity contribution is -0.132. The molecule has 6 heteroatoms. The molecule has 1 amide bonds. The van der Waals surface area contributed by atoms with Crippen molar-refractivity contribution in [1.82, 2.24) is 19.7 Å². The van der Waals surface area contributed by atoms with E-state index in [0.29, 0.717) is 19.6 Å². The number of likely N-dealkylation sites (tertiary alicyclic amines) is 1. The summed E-state index contributed by atoms with van der Waals surface area (Å²) in [4.78, 5) is 14.6. The molecule has 0 bridgehead atoms. The van der Waals surface area contributed by atoms with Crippen LogP contribution >= 0.6 is 0 Å². The molecule has 1 aromatic heterocycles. The minimum absolute atomic E-state index is 0.119. The second-order valence-electron chi connectivity index (χ2n) is 6.48. The zero-order chi connectivity index (χ0) is 16.1. The number of amides is 1. The van der Waals surface area contributed by atoms with Gasteiger partial charge in [-0.3, -0.25) is 4.79 Å². The number of nitrogens with zero attached hydrogens (tertiary/aromatic N) is 4. The minimum Gasteiger partial charge on any atom is -0.382 e. The molecule has 23 heavy (non-hydrogen) atoms. The van der Waals surface area contributed by atoms with E-state index in [1.807, 2.05) is 11.8 Å². The lowest BCUT2D eigenvalue weighted by atomic mass is 10.2. The van der Waals surface area contributed by atoms with Crippen molar-refractivity contribution in [3.05, 3.63) is 11.6 Å². The first-order valence-electron chi connectivity index (χ1n) is 9.10. The highest BCUT2D eigenvalue weighted by Crippen LogP contribution is 2.32. The van der Waals surface area contributed by atoms with Gasteiger partial charge >= 0.3 is 0 Å². The number of aryl methyl sites for hydroxylation is 1. The van der Waals surface area contributed by atoms with E-state index in [1.54, 1.807) is 0 Å². The number of hydrogen-bond acceptors (Lipinski definition) is 4. The van der Waals surface area contributed by atoms with E-state index >= 15 is 0 Å². The molecule has 1 atom stereocenters. The van der Waals surface area contributed by atoms with Crippen molar-refractivity contribution in [3.63, 3.8) is 0 Å². The number of hydrogen-bond donors (Lipinski definition) is 0. The van der Waals surface area contributed by atoms with Gasteiger partial charge in [0.05, 0.1) is 6.04 Å². The van der Waals surface area contributed by atoms with Gasteiger partial charge in [-0.1, -0.05) is 6.42 Å². The molecule has 0 N–H and O–H groups in total. The van der Waals surface area contributed by atoms with Gasteiger partial charge in [0.2, 0.25) is 5.91 Å². The zero-order valence-corrected chi connectivity index (χ0v) is 14.2. The Morgan fingerprint density at radius 3 is 3.00 bits per heavy atom. The fourth-order valence-corrected chi connectivity index (χ4v) is 3.70. The van der Waals surface area contributed by atoms with E-state index in [2.05, 4.69) is 14.8 Å². The van der Waals surface area contributed by atoms with E-state index in [0.717, 1.165) is 50.4 Å². The van der Waals surface area contributed by atoms with Crippen LogP contribution in [0.2, 0.25) is 0 Å². The van der Waals surface area contributed by atoms with Gasteiger partial charge in [-0.25, -0.2) is 0 Å². The molecular weight excluding hydrogens is 292 g/mol. The molecule has 3 heterocycles. The van der Waals surface area contributed by atoms with Gasteiger partial charge in [-0.05, 0) is 39.0 Å². The van der Waals surface area contributed by atoms with E-state index in [1.165, 1.54) is 19.3 Å². The average Bonchev–Trinajstić information content (AvgIpc) is 3.12. The van der Waals surface area contributed by atoms with Crippen molar-refractivity contribution in [3.8, 4) is 0 Å². The number of carbonyl (C=O) groups is 1. The summed E-state index contributed by atoms with van der Waals surface area (Å²) in [5.41, 5.74) is 0. The van der Waals surface area contributed by atoms with Crippen LogP contribution in [0.4, 0.5) is 0 Å². The summed E-state index contributed by atoms with van der Waals surface area (Å²) < 4.78 is 7.62. The smallest absolute Gasteiger partial charge is 0.223 e. The van der Waals surface area contributed by atoms with E-state index in [4.69, 9.17) is 4.74 Å². The normalized spacial score (nSPS) is 21.3. The number of rotatable bonds is 6. The maximum absolute atomic E-state index is 12.6. The summed E-state index contributed by atoms with van der Waals surface area (Å²) in [6.45, 7) is 5.21. The van der Waals surface area contributed by atoms with Crippen LogP contribution in [0.5, 0.6) is 0 Å². The molecule has 1 fully saturated rings. The summed E-state index contributed by atoms with van der Waals surface area (Å²) in [7, 11) is 0. The Morgan fingerprint density at radius 1 is 1.22 bits per heavy atom. The van der Waals surface area contributed by atoms with Gasteiger partial charge in [-0.15, -0.1) is 10.2 Å². The quantitative estimate of drug-likeness (QED) is 0.756. The van der Waals surface area contributed by atoms with E-state index in [-0.39, 0.29) is 11.9 Å². The molecule has 0 unspecified atom stereocenters. The topological polar surface area (TPSA) is 60.2 Å². The van der Waals surface area contributed by atoms with Gasteiger partial charge in [0.25, 0.3) is 0 Å². The Labute approximate surface area is 138 Å². The first kappa shape index (κ1) is 16.4. The van der Waals surface area contributed by atoms with Crippen LogP contribution in [0.1, 0.15) is 69.6 Å². The minimum atomic E-state index is 0.119. The fourth-order valence-electron chi connectivity index (χ4n) is 3.70. The molecule has 0 aliphatic carbocycles. The molecule has 2 aliphatic rings. The maximum Gasteiger partial charge on any atom is 0.223 e. The predicted octanol–water partition coefficient (Wildman–Crippen LogP) is 2.48. The molecule has 0 saturated carbocycles. The van der Waals surface area contributed by atoms with Gasteiger partial charge < -0.3 is 14.2 Å². The van der Waals surface area contributed by atoms with Crippen molar-refractivity contribution in [2.24, 2.45) is 0 Å². The molecule has 6 nitrogen and oxygen atoms in total. The SMILES string of the molecule is CCOCCCC(=O)N1CCC[C@@H]1c1nnc2n1CCCCC2. The van der Waals surface area contributed by atoms with Crippen LogP contribution in [0.15, 0.2) is 0 Å². The third-order valence-electron chi connectivity index (χ3n) is 4.89. The van der Waals surface area contributed by atoms with Crippen LogP contribution in [-0.2, 0) is 22.5 Å². The van der Waals surface area contributed by atoms with Crippen LogP contribution in [-0.4, -0.2) is 45.3 Å². The summed E-state index contributed by atoms with van der Waals surface area (Å²) in [5, 5.41) is 8.85. The molecule has 3 rings (SSSR count). The summed E-state index contributed by atoms with van der Waals surface area (Å²) >= 11 is 0. The number of fused-ring (bicyclic) bond motifs is 1. The summed E-state index contributed by atoms with van der Waals surface area (Å²) in [5.74, 6) is 2.35. The Bertz CT molecular complexity index is 529. The lowest BCUT2D eigenvalue weighted by Crippen LogP contribution is -2.32. The van der Waals surface area contributed by atoms with Crippen LogP contribution in [0, 0.1) is 0 Å². The van der Waals surface area contributed by atoms with Gasteiger partial charge in [-0.2, -0.15) is 0 Å². The van der Waals surface area contributed by atoms with E-state index in [9.17, 15) is 4.79 Å². The second-order valence-corrected chi connectivity index (χ2v) is 6.48. The molecule has 0 aromatic carbocycles. The maximum atomic E-state index is 12.6. The van der Waals surface area contributed by atoms with Crippen LogP contribution in [0.25, 0.3) is 0 Å². The Morgan fingerprint density at radius 2 is 2.13 bits per heavy atom.